The highest BCUT2D eigenvalue weighted by Gasteiger charge is 2.24. The van der Waals surface area contributed by atoms with Gasteiger partial charge in [-0.1, -0.05) is 34.8 Å². The summed E-state index contributed by atoms with van der Waals surface area (Å²) in [5.41, 5.74) is 0.415. The van der Waals surface area contributed by atoms with E-state index in [4.69, 9.17) is 39.2 Å². The molecule has 9 heteroatoms. The van der Waals surface area contributed by atoms with Gasteiger partial charge in [-0.15, -0.1) is 0 Å². The van der Waals surface area contributed by atoms with Gasteiger partial charge in [0.1, 0.15) is 0 Å². The first-order valence-electron chi connectivity index (χ1n) is 7.93. The van der Waals surface area contributed by atoms with Crippen LogP contribution in [0.5, 0.6) is 0 Å². The maximum Gasteiger partial charge on any atom is 0.289 e. The minimum Gasteiger partial charge on any atom is -0.459 e. The maximum atomic E-state index is 12.2. The van der Waals surface area contributed by atoms with Crippen LogP contribution in [0.4, 0.5) is 5.69 Å². The largest absolute Gasteiger partial charge is 0.459 e. The van der Waals surface area contributed by atoms with Gasteiger partial charge in [-0.3, -0.25) is 14.5 Å². The number of nitrogens with zero attached hydrogens (tertiary/aromatic N) is 2. The molecule has 0 unspecified atom stereocenters. The van der Waals surface area contributed by atoms with Crippen LogP contribution in [0.1, 0.15) is 10.6 Å². The van der Waals surface area contributed by atoms with Crippen molar-refractivity contribution in [3.63, 3.8) is 0 Å². The second kappa shape index (κ2) is 8.31. The number of furan rings is 1. The number of benzene rings is 1. The zero-order valence-corrected chi connectivity index (χ0v) is 15.9. The number of piperazine rings is 1. The Hall–Kier alpha value is -1.73. The topological polar surface area (TPSA) is 65.8 Å². The standard InChI is InChI=1S/C17H16Cl3N3O3/c18-11-8-13(20)14(9-12(11)19)21-16(24)10-22-3-5-23(6-4-22)17(25)15-2-1-7-26-15/h1-2,7-9H,3-6,10H2,(H,21,24). The highest BCUT2D eigenvalue weighted by Crippen LogP contribution is 2.32. The van der Waals surface area contributed by atoms with Gasteiger partial charge in [0.2, 0.25) is 5.91 Å². The predicted molar refractivity (Wildman–Crippen MR) is 101 cm³/mol. The Labute approximate surface area is 165 Å². The molecule has 1 saturated heterocycles. The maximum absolute atomic E-state index is 12.2. The van der Waals surface area contributed by atoms with Crippen molar-refractivity contribution in [2.24, 2.45) is 0 Å². The molecular weight excluding hydrogens is 401 g/mol. The molecule has 1 aromatic carbocycles. The van der Waals surface area contributed by atoms with Crippen LogP contribution in [-0.4, -0.2) is 54.3 Å². The van der Waals surface area contributed by atoms with Gasteiger partial charge >= 0.3 is 0 Å². The summed E-state index contributed by atoms with van der Waals surface area (Å²) in [4.78, 5) is 28.1. The van der Waals surface area contributed by atoms with Crippen molar-refractivity contribution in [3.8, 4) is 0 Å². The van der Waals surface area contributed by atoms with Crippen LogP contribution in [0, 0.1) is 0 Å². The first-order chi connectivity index (χ1) is 12.4. The summed E-state index contributed by atoms with van der Waals surface area (Å²) in [5, 5.41) is 3.69. The smallest absolute Gasteiger partial charge is 0.289 e. The summed E-state index contributed by atoms with van der Waals surface area (Å²) in [6, 6.07) is 6.33. The summed E-state index contributed by atoms with van der Waals surface area (Å²) in [6.07, 6.45) is 1.47. The van der Waals surface area contributed by atoms with Crippen LogP contribution in [0.2, 0.25) is 15.1 Å². The highest BCUT2D eigenvalue weighted by molar-refractivity contribution is 6.44. The van der Waals surface area contributed by atoms with Crippen molar-refractivity contribution in [2.75, 3.05) is 38.0 Å². The number of halogens is 3. The summed E-state index contributed by atoms with van der Waals surface area (Å²) < 4.78 is 5.13. The molecule has 3 rings (SSSR count). The van der Waals surface area contributed by atoms with Crippen LogP contribution in [0.25, 0.3) is 0 Å². The number of hydrogen-bond donors (Lipinski definition) is 1. The van der Waals surface area contributed by atoms with E-state index in [9.17, 15) is 9.59 Å². The van der Waals surface area contributed by atoms with Gasteiger partial charge in [-0.2, -0.15) is 0 Å². The van der Waals surface area contributed by atoms with Gasteiger partial charge in [0, 0.05) is 26.2 Å². The second-order valence-electron chi connectivity index (χ2n) is 5.84. The summed E-state index contributed by atoms with van der Waals surface area (Å²) in [6.45, 7) is 2.43. The monoisotopic (exact) mass is 415 g/mol. The van der Waals surface area contributed by atoms with Crippen molar-refractivity contribution in [1.82, 2.24) is 9.80 Å². The molecule has 6 nitrogen and oxygen atoms in total. The molecule has 2 amide bonds. The summed E-state index contributed by atoms with van der Waals surface area (Å²) in [7, 11) is 0. The number of rotatable bonds is 4. The third-order valence-corrected chi connectivity index (χ3v) is 5.08. The quantitative estimate of drug-likeness (QED) is 0.773. The van der Waals surface area contributed by atoms with Crippen LogP contribution in [0.3, 0.4) is 0 Å². The fourth-order valence-corrected chi connectivity index (χ4v) is 3.27. The van der Waals surface area contributed by atoms with Gasteiger partial charge in [0.15, 0.2) is 5.76 Å². The molecule has 0 aliphatic carbocycles. The number of hydrogen-bond acceptors (Lipinski definition) is 4. The molecule has 2 aromatic rings. The molecule has 138 valence electrons. The molecule has 0 atom stereocenters. The Morgan fingerprint density at radius 1 is 1.04 bits per heavy atom. The van der Waals surface area contributed by atoms with E-state index >= 15 is 0 Å². The first kappa shape index (κ1) is 19.0. The molecule has 0 radical (unpaired) electrons. The van der Waals surface area contributed by atoms with Gasteiger partial charge < -0.3 is 14.6 Å². The fourth-order valence-electron chi connectivity index (χ4n) is 2.68. The highest BCUT2D eigenvalue weighted by atomic mass is 35.5. The van der Waals surface area contributed by atoms with E-state index in [0.29, 0.717) is 52.7 Å². The lowest BCUT2D eigenvalue weighted by Crippen LogP contribution is -2.50. The third kappa shape index (κ3) is 4.51. The minimum atomic E-state index is -0.212. The molecule has 1 N–H and O–H groups in total. The molecule has 0 saturated carbocycles. The van der Waals surface area contributed by atoms with Gasteiger partial charge in [0.25, 0.3) is 5.91 Å². The summed E-state index contributed by atoms with van der Waals surface area (Å²) >= 11 is 17.9. The first-order valence-corrected chi connectivity index (χ1v) is 9.07. The second-order valence-corrected chi connectivity index (χ2v) is 7.06. The average Bonchev–Trinajstić information content (AvgIpc) is 3.14. The number of amides is 2. The molecule has 1 aliphatic heterocycles. The van der Waals surface area contributed by atoms with Gasteiger partial charge in [-0.25, -0.2) is 0 Å². The molecule has 26 heavy (non-hydrogen) atoms. The average molecular weight is 417 g/mol. The van der Waals surface area contributed by atoms with E-state index in [0.717, 1.165) is 0 Å². The van der Waals surface area contributed by atoms with Crippen LogP contribution in [-0.2, 0) is 4.79 Å². The van der Waals surface area contributed by atoms with Crippen LogP contribution >= 0.6 is 34.8 Å². The zero-order valence-electron chi connectivity index (χ0n) is 13.7. The molecule has 1 aromatic heterocycles. The van der Waals surface area contributed by atoms with Crippen molar-refractivity contribution in [2.45, 2.75) is 0 Å². The van der Waals surface area contributed by atoms with Crippen molar-refractivity contribution >= 4 is 52.3 Å². The Morgan fingerprint density at radius 2 is 1.73 bits per heavy atom. The van der Waals surface area contributed by atoms with Gasteiger partial charge in [0.05, 0.1) is 33.6 Å². The van der Waals surface area contributed by atoms with Crippen molar-refractivity contribution in [3.05, 3.63) is 51.4 Å². The Morgan fingerprint density at radius 3 is 2.38 bits per heavy atom. The van der Waals surface area contributed by atoms with E-state index in [1.54, 1.807) is 17.0 Å². The number of carbonyl (C=O) groups is 2. The van der Waals surface area contributed by atoms with Crippen molar-refractivity contribution in [1.29, 1.82) is 0 Å². The molecule has 1 aliphatic rings. The van der Waals surface area contributed by atoms with E-state index in [-0.39, 0.29) is 18.4 Å². The zero-order chi connectivity index (χ0) is 18.7. The Kier molecular flexibility index (Phi) is 6.09. The summed E-state index contributed by atoms with van der Waals surface area (Å²) in [5.74, 6) is -0.0248. The Bertz CT molecular complexity index is 803. The van der Waals surface area contributed by atoms with Crippen LogP contribution < -0.4 is 5.32 Å². The molecular formula is C17H16Cl3N3O3. The van der Waals surface area contributed by atoms with Crippen LogP contribution in [0.15, 0.2) is 34.9 Å². The van der Waals surface area contributed by atoms with E-state index in [2.05, 4.69) is 5.32 Å². The number of anilines is 1. The predicted octanol–water partition coefficient (Wildman–Crippen LogP) is 3.64. The molecule has 0 bridgehead atoms. The van der Waals surface area contributed by atoms with E-state index < -0.39 is 0 Å². The lowest BCUT2D eigenvalue weighted by molar-refractivity contribution is -0.117. The lowest BCUT2D eigenvalue weighted by Gasteiger charge is -2.33. The van der Waals surface area contributed by atoms with E-state index in [1.165, 1.54) is 18.4 Å². The minimum absolute atomic E-state index is 0.137. The molecule has 0 spiro atoms. The molecule has 1 fully saturated rings. The third-order valence-electron chi connectivity index (χ3n) is 4.04. The Balaban J connectivity index is 1.51. The SMILES string of the molecule is O=C(CN1CCN(C(=O)c2ccco2)CC1)Nc1cc(Cl)c(Cl)cc1Cl. The normalized spacial score (nSPS) is 15.1. The lowest BCUT2D eigenvalue weighted by atomic mass is 10.2. The van der Waals surface area contributed by atoms with Crippen molar-refractivity contribution < 1.29 is 14.0 Å². The molecule has 2 heterocycles. The fraction of sp³-hybridized carbons (Fsp3) is 0.294. The van der Waals surface area contributed by atoms with E-state index in [1.807, 2.05) is 4.90 Å². The number of nitrogens with one attached hydrogen (secondary N) is 1. The van der Waals surface area contributed by atoms with Gasteiger partial charge in [-0.05, 0) is 24.3 Å². The number of carbonyl (C=O) groups excluding carboxylic acids is 2.